The fourth-order valence-electron chi connectivity index (χ4n) is 1.60. The monoisotopic (exact) mass is 382 g/mol. The number of unbranched alkanes of at least 4 members (excludes halogenated alkanes) is 1. The third-order valence-electron chi connectivity index (χ3n) is 2.73. The Bertz CT molecular complexity index is 582. The first-order valence-corrected chi connectivity index (χ1v) is 7.66. The molecule has 0 aliphatic carbocycles. The highest BCUT2D eigenvalue weighted by Gasteiger charge is 1.93. The standard InChI is InChI=1S/C18H18OS.5FH/c1-2-3-14-19-17-11-9-16(10-12-17)13-15-20-18-7-5-4-6-8-18;;;;;/h4-12H,2-3,14H2,1H3;5*1H. The fraction of sp³-hybridized carbons (Fsp3) is 0.222. The first-order valence-electron chi connectivity index (χ1n) is 6.84. The average Bonchev–Trinajstić information content (AvgIpc) is 2.50. The van der Waals surface area contributed by atoms with Gasteiger partial charge in [0, 0.05) is 10.5 Å². The molecule has 2 aromatic rings. The van der Waals surface area contributed by atoms with Crippen LogP contribution >= 0.6 is 11.8 Å². The van der Waals surface area contributed by atoms with Crippen LogP contribution in [0.15, 0.2) is 59.5 Å². The van der Waals surface area contributed by atoms with Crippen molar-refractivity contribution in [3.63, 3.8) is 0 Å². The maximum atomic E-state index is 5.62. The summed E-state index contributed by atoms with van der Waals surface area (Å²) in [4.78, 5) is 1.17. The van der Waals surface area contributed by atoms with E-state index in [1.54, 1.807) is 11.8 Å². The number of thioether (sulfide) groups is 1. The highest BCUT2D eigenvalue weighted by molar-refractivity contribution is 8.03. The Morgan fingerprint density at radius 3 is 2.00 bits per heavy atom. The molecule has 0 saturated carbocycles. The van der Waals surface area contributed by atoms with Gasteiger partial charge in [0.05, 0.1) is 6.61 Å². The zero-order valence-corrected chi connectivity index (χ0v) is 14.5. The lowest BCUT2D eigenvalue weighted by Crippen LogP contribution is -1.95. The third-order valence-corrected chi connectivity index (χ3v) is 3.44. The molecule has 0 spiro atoms. The summed E-state index contributed by atoms with van der Waals surface area (Å²) in [5.41, 5.74) is 1.01. The Morgan fingerprint density at radius 1 is 0.840 bits per heavy atom. The van der Waals surface area contributed by atoms with E-state index >= 15 is 0 Å². The van der Waals surface area contributed by atoms with Gasteiger partial charge in [0.25, 0.3) is 0 Å². The second kappa shape index (κ2) is 18.1. The third kappa shape index (κ3) is 11.9. The van der Waals surface area contributed by atoms with Gasteiger partial charge >= 0.3 is 0 Å². The van der Waals surface area contributed by atoms with E-state index in [4.69, 9.17) is 4.74 Å². The Kier molecular flexibility index (Phi) is 22.2. The smallest absolute Gasteiger partial charge is 0.119 e. The molecule has 0 radical (unpaired) electrons. The molecule has 0 heterocycles. The van der Waals surface area contributed by atoms with Crippen LogP contribution in [-0.4, -0.2) is 6.61 Å². The van der Waals surface area contributed by atoms with Crippen LogP contribution in [0.2, 0.25) is 0 Å². The van der Waals surface area contributed by atoms with Crippen molar-refractivity contribution < 1.29 is 28.3 Å². The number of hydrogen-bond donors (Lipinski definition) is 0. The quantitative estimate of drug-likeness (QED) is 0.283. The number of halogens is 5. The molecular weight excluding hydrogens is 359 g/mol. The highest BCUT2D eigenvalue weighted by Crippen LogP contribution is 2.16. The molecule has 1 nitrogen and oxygen atoms in total. The van der Waals surface area contributed by atoms with Crippen molar-refractivity contribution in [2.75, 3.05) is 6.61 Å². The van der Waals surface area contributed by atoms with Crippen molar-refractivity contribution in [1.82, 2.24) is 0 Å². The van der Waals surface area contributed by atoms with Crippen molar-refractivity contribution in [1.29, 1.82) is 0 Å². The highest BCUT2D eigenvalue weighted by atomic mass is 32.2. The summed E-state index contributed by atoms with van der Waals surface area (Å²) in [7, 11) is 0. The number of ether oxygens (including phenoxy) is 1. The molecule has 0 aliphatic heterocycles. The van der Waals surface area contributed by atoms with E-state index in [0.29, 0.717) is 0 Å². The number of rotatable bonds is 5. The van der Waals surface area contributed by atoms with E-state index < -0.39 is 0 Å². The molecule has 0 N–H and O–H groups in total. The van der Waals surface area contributed by atoms with Crippen LogP contribution in [0.1, 0.15) is 25.3 Å². The van der Waals surface area contributed by atoms with Crippen LogP contribution in [0.5, 0.6) is 5.75 Å². The minimum Gasteiger partial charge on any atom is -0.494 e. The topological polar surface area (TPSA) is 9.23 Å². The Morgan fingerprint density at radius 2 is 1.44 bits per heavy atom. The lowest BCUT2D eigenvalue weighted by atomic mass is 10.2. The van der Waals surface area contributed by atoms with Gasteiger partial charge in [0.2, 0.25) is 0 Å². The molecule has 0 unspecified atom stereocenters. The molecule has 0 saturated heterocycles. The van der Waals surface area contributed by atoms with Gasteiger partial charge in [-0.05, 0) is 59.8 Å². The predicted octanol–water partition coefficient (Wildman–Crippen LogP) is 5.73. The predicted molar refractivity (Wildman–Crippen MR) is 98.5 cm³/mol. The molecule has 0 amide bonds. The van der Waals surface area contributed by atoms with E-state index in [2.05, 4.69) is 30.2 Å². The van der Waals surface area contributed by atoms with Crippen LogP contribution in [0.4, 0.5) is 23.5 Å². The zero-order chi connectivity index (χ0) is 14.0. The molecular formula is C18H23F5OS. The summed E-state index contributed by atoms with van der Waals surface area (Å²) in [6.45, 7) is 2.94. The van der Waals surface area contributed by atoms with Crippen LogP contribution in [0, 0.1) is 11.2 Å². The number of benzene rings is 2. The van der Waals surface area contributed by atoms with E-state index in [1.807, 2.05) is 42.5 Å². The maximum Gasteiger partial charge on any atom is 0.119 e. The Labute approximate surface area is 149 Å². The van der Waals surface area contributed by atoms with Crippen LogP contribution in [0.25, 0.3) is 0 Å². The van der Waals surface area contributed by atoms with Crippen LogP contribution in [-0.2, 0) is 0 Å². The summed E-state index contributed by atoms with van der Waals surface area (Å²) < 4.78 is 5.62. The van der Waals surface area contributed by atoms with Crippen molar-refractivity contribution >= 4 is 11.8 Å². The molecule has 0 aromatic heterocycles. The molecule has 142 valence electrons. The van der Waals surface area contributed by atoms with Gasteiger partial charge in [-0.1, -0.05) is 37.5 Å². The normalized spacial score (nSPS) is 7.72. The molecule has 0 atom stereocenters. The minimum atomic E-state index is 0. The van der Waals surface area contributed by atoms with Crippen molar-refractivity contribution in [2.45, 2.75) is 24.7 Å². The minimum absolute atomic E-state index is 0. The molecule has 0 bridgehead atoms. The summed E-state index contributed by atoms with van der Waals surface area (Å²) in [5, 5.41) is 3.12. The summed E-state index contributed by atoms with van der Waals surface area (Å²) in [6, 6.07) is 18.1. The molecule has 2 aromatic carbocycles. The summed E-state index contributed by atoms with van der Waals surface area (Å²) >= 11 is 1.54. The first-order chi connectivity index (χ1) is 9.88. The van der Waals surface area contributed by atoms with Gasteiger partial charge in [-0.3, -0.25) is 23.5 Å². The number of hydrogen-bond acceptors (Lipinski definition) is 2. The lowest BCUT2D eigenvalue weighted by molar-refractivity contribution is 0.309. The fourth-order valence-corrected chi connectivity index (χ4v) is 2.18. The van der Waals surface area contributed by atoms with Crippen LogP contribution < -0.4 is 4.74 Å². The second-order valence-corrected chi connectivity index (χ2v) is 5.25. The van der Waals surface area contributed by atoms with Gasteiger partial charge in [-0.25, -0.2) is 0 Å². The lowest BCUT2D eigenvalue weighted by Gasteiger charge is -2.04. The van der Waals surface area contributed by atoms with Gasteiger partial charge < -0.3 is 4.74 Å². The molecule has 0 aliphatic rings. The van der Waals surface area contributed by atoms with E-state index in [1.165, 1.54) is 4.90 Å². The summed E-state index contributed by atoms with van der Waals surface area (Å²) in [6.07, 6.45) is 2.25. The Hall–Kier alpha value is -2.20. The largest absolute Gasteiger partial charge is 0.494 e. The van der Waals surface area contributed by atoms with Crippen molar-refractivity contribution in [2.24, 2.45) is 0 Å². The van der Waals surface area contributed by atoms with Crippen molar-refractivity contribution in [3.8, 4) is 16.9 Å². The summed E-state index contributed by atoms with van der Waals surface area (Å²) in [5.74, 6) is 4.06. The van der Waals surface area contributed by atoms with E-state index in [-0.39, 0.29) is 23.5 Å². The molecule has 2 rings (SSSR count). The average molecular weight is 382 g/mol. The second-order valence-electron chi connectivity index (χ2n) is 4.37. The Balaban J connectivity index is -0.000000441. The maximum absolute atomic E-state index is 5.62. The first kappa shape index (κ1) is 30.7. The van der Waals surface area contributed by atoms with Gasteiger partial charge in [-0.2, -0.15) is 0 Å². The van der Waals surface area contributed by atoms with Crippen LogP contribution in [0.3, 0.4) is 0 Å². The SMILES string of the molecule is CCCCOc1ccc(C#CSc2ccccc2)cc1.F.F.F.F.F. The van der Waals surface area contributed by atoms with Gasteiger partial charge in [0.15, 0.2) is 0 Å². The zero-order valence-electron chi connectivity index (χ0n) is 13.7. The van der Waals surface area contributed by atoms with E-state index in [9.17, 15) is 0 Å². The van der Waals surface area contributed by atoms with E-state index in [0.717, 1.165) is 30.8 Å². The molecule has 25 heavy (non-hydrogen) atoms. The molecule has 7 heteroatoms. The van der Waals surface area contributed by atoms with Gasteiger partial charge in [-0.15, -0.1) is 0 Å². The molecule has 0 fully saturated rings. The van der Waals surface area contributed by atoms with Gasteiger partial charge in [0.1, 0.15) is 5.75 Å². The van der Waals surface area contributed by atoms with Crippen molar-refractivity contribution in [3.05, 3.63) is 60.2 Å².